The summed E-state index contributed by atoms with van der Waals surface area (Å²) < 4.78 is 0. The van der Waals surface area contributed by atoms with Crippen molar-refractivity contribution in [2.75, 3.05) is 54.4 Å². The molecule has 2 aliphatic heterocycles. The van der Waals surface area contributed by atoms with Gasteiger partial charge >= 0.3 is 6.03 Å². The minimum absolute atomic E-state index is 0.195. The lowest BCUT2D eigenvalue weighted by Crippen LogP contribution is -2.58. The van der Waals surface area contributed by atoms with Crippen molar-refractivity contribution in [1.82, 2.24) is 9.88 Å². The van der Waals surface area contributed by atoms with Gasteiger partial charge in [-0.25, -0.2) is 9.78 Å². The van der Waals surface area contributed by atoms with Crippen molar-refractivity contribution < 1.29 is 9.90 Å². The highest BCUT2D eigenvalue weighted by Crippen LogP contribution is 2.31. The average Bonchev–Trinajstić information content (AvgIpc) is 3.65. The summed E-state index contributed by atoms with van der Waals surface area (Å²) in [4.78, 5) is 23.1. The number of anilines is 3. The third-order valence-electron chi connectivity index (χ3n) is 6.93. The number of aliphatic hydroxyl groups excluding tert-OH is 1. The lowest BCUT2D eigenvalue weighted by molar-refractivity contribution is 0.132. The number of benzene rings is 2. The molecule has 1 atom stereocenters. The predicted octanol–water partition coefficient (Wildman–Crippen LogP) is 3.98. The molecule has 8 nitrogen and oxygen atoms in total. The first-order chi connectivity index (χ1) is 18.1. The molecule has 0 bridgehead atoms. The van der Waals surface area contributed by atoms with Crippen molar-refractivity contribution >= 4 is 34.6 Å². The quantitative estimate of drug-likeness (QED) is 0.502. The van der Waals surface area contributed by atoms with E-state index in [4.69, 9.17) is 6.42 Å². The number of nitriles is 1. The minimum atomic E-state index is -0.428. The molecule has 5 rings (SSSR count). The number of urea groups is 1. The number of piperazine rings is 1. The van der Waals surface area contributed by atoms with Gasteiger partial charge in [0, 0.05) is 43.8 Å². The van der Waals surface area contributed by atoms with Gasteiger partial charge < -0.3 is 19.8 Å². The summed E-state index contributed by atoms with van der Waals surface area (Å²) in [5.41, 5.74) is 4.66. The van der Waals surface area contributed by atoms with Crippen LogP contribution in [-0.4, -0.2) is 66.4 Å². The molecule has 2 amide bonds. The van der Waals surface area contributed by atoms with E-state index in [1.807, 2.05) is 18.2 Å². The van der Waals surface area contributed by atoms with Gasteiger partial charge in [0.2, 0.25) is 0 Å². The van der Waals surface area contributed by atoms with E-state index in [2.05, 4.69) is 56.4 Å². The van der Waals surface area contributed by atoms with Crippen LogP contribution in [0.25, 0.3) is 11.1 Å². The Balaban J connectivity index is 1.31. The second kappa shape index (κ2) is 10.9. The summed E-state index contributed by atoms with van der Waals surface area (Å²) in [5, 5.41) is 25.0. The van der Waals surface area contributed by atoms with Crippen LogP contribution in [0.3, 0.4) is 0 Å². The third kappa shape index (κ3) is 5.24. The first-order valence-electron chi connectivity index (χ1n) is 12.3. The van der Waals surface area contributed by atoms with Gasteiger partial charge in [-0.1, -0.05) is 18.2 Å². The molecule has 0 radical (unpaired) electrons. The maximum atomic E-state index is 12.9. The third-order valence-corrected chi connectivity index (χ3v) is 7.70. The van der Waals surface area contributed by atoms with E-state index < -0.39 is 6.04 Å². The molecule has 3 aromatic rings. The fourth-order valence-corrected chi connectivity index (χ4v) is 5.57. The number of aromatic nitrogens is 1. The maximum absolute atomic E-state index is 12.9. The summed E-state index contributed by atoms with van der Waals surface area (Å²) in [7, 11) is 0. The molecule has 37 heavy (non-hydrogen) atoms. The number of hydrogen-bond donors (Lipinski definition) is 2. The fourth-order valence-electron chi connectivity index (χ4n) is 5.01. The Kier molecular flexibility index (Phi) is 7.27. The zero-order valence-electron chi connectivity index (χ0n) is 20.4. The Labute approximate surface area is 220 Å². The highest BCUT2D eigenvalue weighted by molar-refractivity contribution is 7.10. The number of hydrogen-bond acceptors (Lipinski definition) is 7. The van der Waals surface area contributed by atoms with Gasteiger partial charge in [-0.05, 0) is 54.2 Å². The predicted molar refractivity (Wildman–Crippen MR) is 147 cm³/mol. The van der Waals surface area contributed by atoms with E-state index in [0.717, 1.165) is 29.9 Å². The molecule has 3 heterocycles. The van der Waals surface area contributed by atoms with Gasteiger partial charge in [0.15, 0.2) is 5.01 Å². The van der Waals surface area contributed by atoms with Crippen LogP contribution in [0.2, 0.25) is 0 Å². The second-order valence-electron chi connectivity index (χ2n) is 9.18. The number of nitrogens with one attached hydrogen (secondary N) is 1. The Morgan fingerprint density at radius 1 is 1.14 bits per heavy atom. The average molecular weight is 513 g/mol. The summed E-state index contributed by atoms with van der Waals surface area (Å²) >= 11 is 1.28. The van der Waals surface area contributed by atoms with E-state index in [-0.39, 0.29) is 12.6 Å². The van der Waals surface area contributed by atoms with Gasteiger partial charge in [-0.2, -0.15) is 5.26 Å². The van der Waals surface area contributed by atoms with Crippen LogP contribution in [0.1, 0.15) is 23.4 Å². The van der Waals surface area contributed by atoms with Gasteiger partial charge in [0.25, 0.3) is 0 Å². The van der Waals surface area contributed by atoms with E-state index >= 15 is 0 Å². The molecule has 1 aromatic heterocycles. The van der Waals surface area contributed by atoms with Crippen LogP contribution in [-0.2, 0) is 0 Å². The lowest BCUT2D eigenvalue weighted by Gasteiger charge is -2.41. The van der Waals surface area contributed by atoms with Crippen LogP contribution in [0.15, 0.2) is 47.8 Å². The number of carbonyl (C=O) groups excluding carboxylic acids is 1. The maximum Gasteiger partial charge on any atom is 0.323 e. The first-order valence-corrected chi connectivity index (χ1v) is 13.2. The van der Waals surface area contributed by atoms with Gasteiger partial charge in [0.1, 0.15) is 11.9 Å². The van der Waals surface area contributed by atoms with Gasteiger partial charge in [-0.3, -0.25) is 5.32 Å². The molecule has 2 saturated heterocycles. The van der Waals surface area contributed by atoms with Crippen LogP contribution in [0.5, 0.6) is 0 Å². The normalized spacial score (nSPS) is 17.4. The van der Waals surface area contributed by atoms with Crippen molar-refractivity contribution in [1.29, 1.82) is 5.26 Å². The van der Waals surface area contributed by atoms with Crippen molar-refractivity contribution in [2.24, 2.45) is 0 Å². The van der Waals surface area contributed by atoms with E-state index in [0.29, 0.717) is 36.0 Å². The molecular formula is C28H28N6O2S. The molecular weight excluding hydrogens is 484 g/mol. The Hall–Kier alpha value is -4.05. The molecule has 0 spiro atoms. The Morgan fingerprint density at radius 3 is 2.68 bits per heavy atom. The molecule has 0 aliphatic carbocycles. The Morgan fingerprint density at radius 2 is 1.95 bits per heavy atom. The topological polar surface area (TPSA) is 95.7 Å². The summed E-state index contributed by atoms with van der Waals surface area (Å²) in [5.74, 6) is 2.85. The van der Waals surface area contributed by atoms with Crippen molar-refractivity contribution in [3.05, 3.63) is 58.4 Å². The number of thiazole rings is 1. The molecule has 2 N–H and O–H groups in total. The lowest BCUT2D eigenvalue weighted by atomic mass is 10.0. The molecule has 1 unspecified atom stereocenters. The molecule has 0 saturated carbocycles. The number of nitrogens with zero attached hydrogens (tertiary/aromatic N) is 5. The summed E-state index contributed by atoms with van der Waals surface area (Å²) in [6, 6.07) is 16.0. The molecule has 2 aromatic carbocycles. The standard InChI is InChI=1S/C28H28N6O2S/c1-2-27-30-26(19-37-27)31-28(36)34-13-12-33(17-24(34)18-35)25-9-8-21(14-22(25)16-29)20-6-5-7-23(15-20)32-10-3-4-11-32/h1,5-9,14-15,19,24,35H,3-4,10-13,17-18H2,(H,31,36). The largest absolute Gasteiger partial charge is 0.394 e. The highest BCUT2D eigenvalue weighted by atomic mass is 32.1. The van der Waals surface area contributed by atoms with E-state index in [1.54, 1.807) is 10.3 Å². The molecule has 2 fully saturated rings. The minimum Gasteiger partial charge on any atom is -0.394 e. The van der Waals surface area contributed by atoms with E-state index in [9.17, 15) is 15.2 Å². The number of rotatable bonds is 5. The van der Waals surface area contributed by atoms with Crippen LogP contribution < -0.4 is 15.1 Å². The molecule has 2 aliphatic rings. The van der Waals surface area contributed by atoms with Crippen LogP contribution in [0, 0.1) is 23.7 Å². The SMILES string of the molecule is C#Cc1nc(NC(=O)N2CCN(c3ccc(-c4cccc(N5CCCC5)c4)cc3C#N)CC2CO)cs1. The number of terminal acetylenes is 1. The van der Waals surface area contributed by atoms with Crippen LogP contribution in [0.4, 0.5) is 22.0 Å². The second-order valence-corrected chi connectivity index (χ2v) is 10.0. The van der Waals surface area contributed by atoms with Gasteiger partial charge in [0.05, 0.1) is 23.9 Å². The van der Waals surface area contributed by atoms with Crippen molar-refractivity contribution in [3.63, 3.8) is 0 Å². The number of amides is 2. The molecule has 9 heteroatoms. The molecule has 188 valence electrons. The van der Waals surface area contributed by atoms with Crippen molar-refractivity contribution in [2.45, 2.75) is 18.9 Å². The summed E-state index contributed by atoms with van der Waals surface area (Å²) in [6.07, 6.45) is 7.80. The zero-order chi connectivity index (χ0) is 25.8. The Bertz CT molecular complexity index is 1370. The number of aliphatic hydroxyl groups is 1. The zero-order valence-corrected chi connectivity index (χ0v) is 21.2. The highest BCUT2D eigenvalue weighted by Gasteiger charge is 2.31. The monoisotopic (exact) mass is 512 g/mol. The van der Waals surface area contributed by atoms with Crippen LogP contribution >= 0.6 is 11.3 Å². The van der Waals surface area contributed by atoms with Gasteiger partial charge in [-0.15, -0.1) is 17.8 Å². The van der Waals surface area contributed by atoms with E-state index in [1.165, 1.54) is 29.9 Å². The smallest absolute Gasteiger partial charge is 0.323 e. The summed E-state index contributed by atoms with van der Waals surface area (Å²) in [6.45, 7) is 3.31. The number of carbonyl (C=O) groups is 1. The fraction of sp³-hybridized carbons (Fsp3) is 0.321. The first kappa shape index (κ1) is 24.6. The van der Waals surface area contributed by atoms with Crippen molar-refractivity contribution in [3.8, 4) is 29.5 Å².